The van der Waals surface area contributed by atoms with Crippen LogP contribution in [0.1, 0.15) is 42.5 Å². The van der Waals surface area contributed by atoms with Crippen LogP contribution in [0.15, 0.2) is 73.6 Å². The number of amides is 1. The van der Waals surface area contributed by atoms with Crippen molar-refractivity contribution in [2.75, 3.05) is 48.3 Å². The Labute approximate surface area is 246 Å². The normalized spacial score (nSPS) is 16.3. The predicted molar refractivity (Wildman–Crippen MR) is 168 cm³/mol. The summed E-state index contributed by atoms with van der Waals surface area (Å²) in [6.07, 6.45) is 12.5. The van der Waals surface area contributed by atoms with Crippen molar-refractivity contribution in [3.63, 3.8) is 0 Å². The van der Waals surface area contributed by atoms with Crippen molar-refractivity contribution in [3.8, 4) is 5.82 Å². The van der Waals surface area contributed by atoms with E-state index in [2.05, 4.69) is 38.1 Å². The van der Waals surface area contributed by atoms with Crippen molar-refractivity contribution in [1.82, 2.24) is 19.4 Å². The molecule has 9 nitrogen and oxygen atoms in total. The Kier molecular flexibility index (Phi) is 8.28. The molecule has 2 N–H and O–H groups in total. The van der Waals surface area contributed by atoms with E-state index in [9.17, 15) is 9.59 Å². The van der Waals surface area contributed by atoms with Gasteiger partial charge < -0.3 is 20.1 Å². The molecule has 1 aliphatic heterocycles. The number of fused-ring (bicyclic) bond motifs is 1. The maximum absolute atomic E-state index is 12.4. The monoisotopic (exact) mass is 563 g/mol. The van der Waals surface area contributed by atoms with Gasteiger partial charge in [0.1, 0.15) is 5.82 Å². The number of carbonyl (C=O) groups excluding carboxylic acids is 2. The van der Waals surface area contributed by atoms with Crippen molar-refractivity contribution in [2.45, 2.75) is 32.1 Å². The molecule has 0 unspecified atom stereocenters. The lowest BCUT2D eigenvalue weighted by atomic mass is 9.89. The number of aldehydes is 1. The first kappa shape index (κ1) is 27.7. The number of nitrogens with zero attached hydrogens (tertiary/aromatic N) is 5. The average Bonchev–Trinajstić information content (AvgIpc) is 3.47. The van der Waals surface area contributed by atoms with Gasteiger partial charge >= 0.3 is 0 Å². The van der Waals surface area contributed by atoms with Gasteiger partial charge in [0.2, 0.25) is 11.9 Å². The molecule has 1 amide bonds. The summed E-state index contributed by atoms with van der Waals surface area (Å²) in [6, 6.07) is 15.6. The molecule has 2 fully saturated rings. The van der Waals surface area contributed by atoms with E-state index in [1.165, 1.54) is 38.2 Å². The van der Waals surface area contributed by atoms with Crippen molar-refractivity contribution < 1.29 is 9.59 Å². The summed E-state index contributed by atoms with van der Waals surface area (Å²) < 4.78 is 2.00. The van der Waals surface area contributed by atoms with E-state index in [-0.39, 0.29) is 5.91 Å². The molecule has 2 aliphatic rings. The molecule has 0 bridgehead atoms. The highest BCUT2D eigenvalue weighted by Gasteiger charge is 2.24. The fourth-order valence-corrected chi connectivity index (χ4v) is 6.21. The minimum atomic E-state index is -0.310. The summed E-state index contributed by atoms with van der Waals surface area (Å²) in [6.45, 7) is 8.34. The van der Waals surface area contributed by atoms with E-state index >= 15 is 0 Å². The lowest BCUT2D eigenvalue weighted by Crippen LogP contribution is -2.48. The Morgan fingerprint density at radius 2 is 1.81 bits per heavy atom. The molecule has 3 heterocycles. The van der Waals surface area contributed by atoms with Crippen LogP contribution in [-0.2, 0) is 4.79 Å². The van der Waals surface area contributed by atoms with Crippen LogP contribution >= 0.6 is 0 Å². The molecule has 1 aliphatic carbocycles. The zero-order valence-corrected chi connectivity index (χ0v) is 23.8. The molecule has 216 valence electrons. The second-order valence-electron chi connectivity index (χ2n) is 11.2. The summed E-state index contributed by atoms with van der Waals surface area (Å²) in [5.41, 5.74) is 3.45. The fraction of sp³-hybridized carbons (Fsp3) is 0.333. The van der Waals surface area contributed by atoms with Gasteiger partial charge in [-0.3, -0.25) is 14.5 Å². The van der Waals surface area contributed by atoms with Crippen LogP contribution in [0.25, 0.3) is 16.7 Å². The number of carbonyl (C=O) groups is 2. The highest BCUT2D eigenvalue weighted by Crippen LogP contribution is 2.34. The summed E-state index contributed by atoms with van der Waals surface area (Å²) >= 11 is 0. The Hall–Kier alpha value is -4.50. The molecule has 1 saturated heterocycles. The van der Waals surface area contributed by atoms with Crippen molar-refractivity contribution in [3.05, 3.63) is 79.1 Å². The lowest BCUT2D eigenvalue weighted by Gasteiger charge is -2.39. The number of benzene rings is 2. The molecule has 4 aromatic rings. The highest BCUT2D eigenvalue weighted by atomic mass is 16.1. The second kappa shape index (κ2) is 12.6. The molecule has 6 rings (SSSR count). The summed E-state index contributed by atoms with van der Waals surface area (Å²) in [7, 11) is 0. The standard InChI is InChI=1S/C33H37N7O2/c1-2-32(42)35-28-21-27(36-33-34-14-12-31(37-33)40-15-13-25-10-6-7-11-29(25)40)26(23-41)20-30(28)39-18-16-38(17-19-39)22-24-8-4-3-5-9-24/h2,6-7,10-15,20-21,23-24H,1,3-5,8-9,16-19,22H2,(H,35,42)(H,34,36,37). The van der Waals surface area contributed by atoms with Gasteiger partial charge in [-0.05, 0) is 60.6 Å². The largest absolute Gasteiger partial charge is 0.367 e. The van der Waals surface area contributed by atoms with Crippen LogP contribution in [0.3, 0.4) is 0 Å². The number of hydrogen-bond acceptors (Lipinski definition) is 7. The first-order chi connectivity index (χ1) is 20.6. The van der Waals surface area contributed by atoms with Gasteiger partial charge in [-0.1, -0.05) is 44.0 Å². The van der Waals surface area contributed by atoms with E-state index < -0.39 is 0 Å². The smallest absolute Gasteiger partial charge is 0.247 e. The number of piperazine rings is 1. The van der Waals surface area contributed by atoms with Crippen LogP contribution in [0.5, 0.6) is 0 Å². The number of para-hydroxylation sites is 1. The number of anilines is 4. The van der Waals surface area contributed by atoms with Gasteiger partial charge in [0.25, 0.3) is 0 Å². The highest BCUT2D eigenvalue weighted by molar-refractivity contribution is 6.03. The third-order valence-corrected chi connectivity index (χ3v) is 8.43. The maximum Gasteiger partial charge on any atom is 0.247 e. The predicted octanol–water partition coefficient (Wildman–Crippen LogP) is 5.80. The molecule has 0 spiro atoms. The van der Waals surface area contributed by atoms with Crippen molar-refractivity contribution >= 4 is 46.1 Å². The van der Waals surface area contributed by atoms with Gasteiger partial charge in [-0.25, -0.2) is 4.98 Å². The molecule has 2 aromatic carbocycles. The van der Waals surface area contributed by atoms with Crippen LogP contribution in [0.2, 0.25) is 0 Å². The third kappa shape index (κ3) is 6.06. The van der Waals surface area contributed by atoms with E-state index in [4.69, 9.17) is 4.98 Å². The SMILES string of the molecule is C=CC(=O)Nc1cc(Nc2nccc(-n3ccc4ccccc43)n2)c(C=O)cc1N1CCN(CC2CCCCC2)CC1. The van der Waals surface area contributed by atoms with E-state index in [1.807, 2.05) is 47.2 Å². The fourth-order valence-electron chi connectivity index (χ4n) is 6.21. The van der Waals surface area contributed by atoms with Crippen LogP contribution < -0.4 is 15.5 Å². The maximum atomic E-state index is 12.4. The van der Waals surface area contributed by atoms with E-state index in [1.54, 1.807) is 12.3 Å². The number of hydrogen-bond donors (Lipinski definition) is 2. The number of aromatic nitrogens is 3. The minimum absolute atomic E-state index is 0.310. The Balaban J connectivity index is 1.24. The third-order valence-electron chi connectivity index (χ3n) is 8.43. The molecule has 0 atom stereocenters. The zero-order valence-electron chi connectivity index (χ0n) is 23.8. The van der Waals surface area contributed by atoms with Crippen molar-refractivity contribution in [1.29, 1.82) is 0 Å². The van der Waals surface area contributed by atoms with Crippen molar-refractivity contribution in [2.24, 2.45) is 5.92 Å². The Morgan fingerprint density at radius 3 is 2.60 bits per heavy atom. The lowest BCUT2D eigenvalue weighted by molar-refractivity contribution is -0.111. The Morgan fingerprint density at radius 1 is 1.00 bits per heavy atom. The van der Waals surface area contributed by atoms with Gasteiger partial charge in [0, 0.05) is 50.7 Å². The second-order valence-corrected chi connectivity index (χ2v) is 11.2. The summed E-state index contributed by atoms with van der Waals surface area (Å²) in [5.74, 6) is 1.54. The zero-order chi connectivity index (χ0) is 28.9. The first-order valence-electron chi connectivity index (χ1n) is 14.8. The number of nitrogens with one attached hydrogen (secondary N) is 2. The van der Waals surface area contributed by atoms with E-state index in [0.29, 0.717) is 28.7 Å². The molecule has 42 heavy (non-hydrogen) atoms. The summed E-state index contributed by atoms with van der Waals surface area (Å²) in [4.78, 5) is 38.7. The first-order valence-corrected chi connectivity index (χ1v) is 14.8. The topological polar surface area (TPSA) is 95.4 Å². The molecular weight excluding hydrogens is 526 g/mol. The Bertz CT molecular complexity index is 1580. The minimum Gasteiger partial charge on any atom is -0.367 e. The van der Waals surface area contributed by atoms with Gasteiger partial charge in [-0.2, -0.15) is 4.98 Å². The van der Waals surface area contributed by atoms with Gasteiger partial charge in [0.15, 0.2) is 6.29 Å². The molecule has 1 saturated carbocycles. The number of rotatable bonds is 9. The van der Waals surface area contributed by atoms with Crippen LogP contribution in [0.4, 0.5) is 23.0 Å². The molecule has 2 aromatic heterocycles. The van der Waals surface area contributed by atoms with Crippen LogP contribution in [0, 0.1) is 5.92 Å². The molecule has 0 radical (unpaired) electrons. The average molecular weight is 564 g/mol. The molecular formula is C33H37N7O2. The van der Waals surface area contributed by atoms with Gasteiger partial charge in [0.05, 0.1) is 22.6 Å². The van der Waals surface area contributed by atoms with E-state index in [0.717, 1.165) is 61.5 Å². The quantitative estimate of drug-likeness (QED) is 0.196. The summed E-state index contributed by atoms with van der Waals surface area (Å²) in [5, 5.41) is 7.28. The van der Waals surface area contributed by atoms with Crippen LogP contribution in [-0.4, -0.2) is 64.4 Å². The molecule has 9 heteroatoms. The van der Waals surface area contributed by atoms with Gasteiger partial charge in [-0.15, -0.1) is 0 Å².